The Bertz CT molecular complexity index is 140. The molecule has 0 aliphatic rings. The fourth-order valence-electron chi connectivity index (χ4n) is 0.376. The van der Waals surface area contributed by atoms with E-state index in [1.54, 1.807) is 6.20 Å². The topological polar surface area (TPSA) is 38.9 Å². The lowest BCUT2D eigenvalue weighted by Gasteiger charge is -1.83. The van der Waals surface area contributed by atoms with Crippen LogP contribution in [-0.4, -0.2) is 13.9 Å². The van der Waals surface area contributed by atoms with Crippen molar-refractivity contribution in [1.29, 1.82) is 0 Å². The molecule has 1 aromatic heterocycles. The number of rotatable bonds is 0. The average Bonchev–Trinajstić information content (AvgIpc) is 1.69. The van der Waals surface area contributed by atoms with Crippen LogP contribution >= 0.6 is 0 Å². The fourth-order valence-corrected chi connectivity index (χ4v) is 1.04. The van der Waals surface area contributed by atoms with Gasteiger partial charge < -0.3 is 10.4 Å². The normalized spacial score (nSPS) is 8.57. The third-order valence-electron chi connectivity index (χ3n) is 0.684. The second-order valence-corrected chi connectivity index (χ2v) is 2.27. The molecule has 1 aromatic rings. The van der Waals surface area contributed by atoms with E-state index < -0.39 is 0 Å². The van der Waals surface area contributed by atoms with Gasteiger partial charge >= 0.3 is 0 Å². The number of nitrogens with two attached hydrogens (primary N) is 1. The summed E-state index contributed by atoms with van der Waals surface area (Å²) in [7, 11) is 0.170. The molecule has 1 rings (SSSR count). The van der Waals surface area contributed by atoms with Gasteiger partial charge in [-0.3, -0.25) is 0 Å². The van der Waals surface area contributed by atoms with Crippen molar-refractivity contribution in [3.63, 3.8) is 0 Å². The predicted octanol–water partition coefficient (Wildman–Crippen LogP) is -0.266. The van der Waals surface area contributed by atoms with Crippen molar-refractivity contribution < 1.29 is 0 Å². The molecule has 0 spiro atoms. The van der Waals surface area contributed by atoms with Gasteiger partial charge in [0.05, 0.1) is 0 Å². The molecule has 0 aliphatic heterocycles. The van der Waals surface area contributed by atoms with Gasteiger partial charge in [-0.2, -0.15) is 0 Å². The molecule has 3 heteroatoms. The molecule has 1 heterocycles. The number of nitrogens with zero attached hydrogens (tertiary/aromatic N) is 1. The molecule has 0 aromatic carbocycles. The van der Waals surface area contributed by atoms with Gasteiger partial charge in [-0.15, -0.1) is 0 Å². The van der Waals surface area contributed by atoms with Crippen LogP contribution in [0.15, 0.2) is 17.9 Å². The van der Waals surface area contributed by atoms with E-state index in [-0.39, 0.29) is 9.29 Å². The quantitative estimate of drug-likeness (QED) is 0.467. The van der Waals surface area contributed by atoms with Crippen molar-refractivity contribution >= 4 is 15.0 Å². The summed E-state index contributed by atoms with van der Waals surface area (Å²) in [5, 5.41) is 0. The van der Waals surface area contributed by atoms with Gasteiger partial charge in [-0.1, -0.05) is 5.68 Å². The molecule has 0 unspecified atom stereocenters. The molecule has 36 valence electrons. The molecule has 0 fully saturated rings. The zero-order valence-corrected chi connectivity index (χ0v) is 4.99. The van der Waals surface area contributed by atoms with E-state index in [0.717, 1.165) is 5.69 Å². The second kappa shape index (κ2) is 1.84. The minimum absolute atomic E-state index is 0.170. The number of aromatic nitrogens is 1. The Morgan fingerprint density at radius 2 is 2.57 bits per heavy atom. The SMILES string of the molecule is Nc1cc[siH]nc1. The summed E-state index contributed by atoms with van der Waals surface area (Å²) in [4.78, 5) is 0. The summed E-state index contributed by atoms with van der Waals surface area (Å²) in [5.74, 6) is 0. The highest BCUT2D eigenvalue weighted by molar-refractivity contribution is 6.20. The maximum absolute atomic E-state index is 5.33. The highest BCUT2D eigenvalue weighted by Crippen LogP contribution is 1.89. The zero-order chi connectivity index (χ0) is 5.11. The van der Waals surface area contributed by atoms with Crippen LogP contribution in [0.25, 0.3) is 0 Å². The Kier molecular flexibility index (Phi) is 1.17. The number of hydrogen-bond donors (Lipinski definition) is 1. The van der Waals surface area contributed by atoms with Gasteiger partial charge in [-0.05, 0) is 6.07 Å². The molecule has 0 radical (unpaired) electrons. The van der Waals surface area contributed by atoms with Crippen LogP contribution in [0.5, 0.6) is 0 Å². The van der Waals surface area contributed by atoms with E-state index in [2.05, 4.69) is 4.64 Å². The van der Waals surface area contributed by atoms with Crippen LogP contribution in [0.4, 0.5) is 5.69 Å². The minimum atomic E-state index is 0.170. The van der Waals surface area contributed by atoms with E-state index in [1.165, 1.54) is 0 Å². The van der Waals surface area contributed by atoms with Crippen LogP contribution in [0, 0.1) is 0 Å². The molecule has 0 atom stereocenters. The summed E-state index contributed by atoms with van der Waals surface area (Å²) >= 11 is 0. The minimum Gasteiger partial charge on any atom is -0.398 e. The van der Waals surface area contributed by atoms with Crippen molar-refractivity contribution in [3.8, 4) is 0 Å². The van der Waals surface area contributed by atoms with Crippen molar-refractivity contribution in [2.75, 3.05) is 5.73 Å². The predicted molar refractivity (Wildman–Crippen MR) is 31.4 cm³/mol. The van der Waals surface area contributed by atoms with Crippen molar-refractivity contribution in [2.45, 2.75) is 0 Å². The summed E-state index contributed by atoms with van der Waals surface area (Å²) < 4.78 is 3.97. The number of nitrogen functional groups attached to an aromatic ring is 1. The first kappa shape index (κ1) is 4.46. The largest absolute Gasteiger partial charge is 0.398 e. The summed E-state index contributed by atoms with van der Waals surface area (Å²) in [6, 6.07) is 1.89. The van der Waals surface area contributed by atoms with Gasteiger partial charge in [0.1, 0.15) is 9.29 Å². The van der Waals surface area contributed by atoms with Gasteiger partial charge in [0.2, 0.25) is 0 Å². The maximum atomic E-state index is 5.33. The highest BCUT2D eigenvalue weighted by atomic mass is 28.2. The zero-order valence-electron chi connectivity index (χ0n) is 3.83. The van der Waals surface area contributed by atoms with Crippen molar-refractivity contribution in [2.24, 2.45) is 0 Å². The Balaban J connectivity index is 3.02. The van der Waals surface area contributed by atoms with E-state index in [9.17, 15) is 0 Å². The highest BCUT2D eigenvalue weighted by Gasteiger charge is 1.73. The Morgan fingerprint density at radius 3 is 2.86 bits per heavy atom. The van der Waals surface area contributed by atoms with Gasteiger partial charge in [0, 0.05) is 11.9 Å². The number of hydrogen-bond acceptors (Lipinski definition) is 2. The molecule has 7 heavy (non-hydrogen) atoms. The van der Waals surface area contributed by atoms with Gasteiger partial charge in [0.15, 0.2) is 0 Å². The molecule has 0 bridgehead atoms. The first-order valence-electron chi connectivity index (χ1n) is 2.05. The fraction of sp³-hybridized carbons (Fsp3) is 0. The second-order valence-electron chi connectivity index (χ2n) is 1.29. The summed E-state index contributed by atoms with van der Waals surface area (Å²) in [6.07, 6.45) is 1.70. The van der Waals surface area contributed by atoms with Crippen LogP contribution in [0.1, 0.15) is 0 Å². The van der Waals surface area contributed by atoms with Gasteiger partial charge in [0.25, 0.3) is 0 Å². The monoisotopic (exact) mass is 110 g/mol. The Hall–Kier alpha value is -0.703. The Labute approximate surface area is 44.2 Å². The van der Waals surface area contributed by atoms with Crippen molar-refractivity contribution in [1.82, 2.24) is 4.64 Å². The first-order chi connectivity index (χ1) is 3.39. The molecule has 2 N–H and O–H groups in total. The first-order valence-corrected chi connectivity index (χ1v) is 3.23. The number of anilines is 1. The van der Waals surface area contributed by atoms with Crippen LogP contribution in [0.3, 0.4) is 0 Å². The lowest BCUT2D eigenvalue weighted by Crippen LogP contribution is -1.85. The lowest BCUT2D eigenvalue weighted by molar-refractivity contribution is 1.50. The van der Waals surface area contributed by atoms with Crippen molar-refractivity contribution in [3.05, 3.63) is 17.9 Å². The standard InChI is InChI=1S/C4H6N2Si/c5-4-1-2-7-6-3-4/h1-3,7H,5H2. The molecule has 0 saturated heterocycles. The lowest BCUT2D eigenvalue weighted by atomic mass is 10.5. The molecule has 0 aliphatic carbocycles. The average molecular weight is 110 g/mol. The maximum Gasteiger partial charge on any atom is 0.139 e. The summed E-state index contributed by atoms with van der Waals surface area (Å²) in [5.41, 5.74) is 8.10. The van der Waals surface area contributed by atoms with E-state index >= 15 is 0 Å². The molecule has 0 saturated carbocycles. The molecule has 2 nitrogen and oxygen atoms in total. The third-order valence-corrected chi connectivity index (χ3v) is 1.37. The third kappa shape index (κ3) is 1.08. The summed E-state index contributed by atoms with van der Waals surface area (Å²) in [6.45, 7) is 0. The van der Waals surface area contributed by atoms with E-state index in [1.807, 2.05) is 11.7 Å². The Morgan fingerprint density at radius 1 is 1.71 bits per heavy atom. The molecular weight excluding hydrogens is 104 g/mol. The van der Waals surface area contributed by atoms with Gasteiger partial charge in [-0.25, -0.2) is 0 Å². The van der Waals surface area contributed by atoms with E-state index in [0.29, 0.717) is 0 Å². The van der Waals surface area contributed by atoms with Crippen LogP contribution in [0.2, 0.25) is 0 Å². The van der Waals surface area contributed by atoms with Crippen LogP contribution < -0.4 is 5.73 Å². The van der Waals surface area contributed by atoms with E-state index in [4.69, 9.17) is 5.73 Å². The molecular formula is C4H6N2Si. The smallest absolute Gasteiger partial charge is 0.139 e. The molecule has 0 amide bonds. The van der Waals surface area contributed by atoms with Crippen LogP contribution in [-0.2, 0) is 0 Å².